The number of amides is 2. The van der Waals surface area contributed by atoms with Crippen molar-refractivity contribution < 1.29 is 14.3 Å². The third-order valence-electron chi connectivity index (χ3n) is 6.63. The maximum Gasteiger partial charge on any atom is 0.410 e. The van der Waals surface area contributed by atoms with Gasteiger partial charge in [-0.1, -0.05) is 19.3 Å². The second kappa shape index (κ2) is 7.40. The molecule has 0 radical (unpaired) electrons. The van der Waals surface area contributed by atoms with E-state index in [1.807, 2.05) is 11.8 Å². The summed E-state index contributed by atoms with van der Waals surface area (Å²) in [6.45, 7) is 8.44. The predicted octanol–water partition coefficient (Wildman–Crippen LogP) is 4.25. The van der Waals surface area contributed by atoms with Gasteiger partial charge in [0, 0.05) is 17.6 Å². The summed E-state index contributed by atoms with van der Waals surface area (Å²) in [5, 5.41) is 3.29. The van der Waals surface area contributed by atoms with Crippen LogP contribution in [0, 0.1) is 11.3 Å². The monoisotopic (exact) mass is 364 g/mol. The quantitative estimate of drug-likeness (QED) is 0.814. The number of carbonyl (C=O) groups is 2. The lowest BCUT2D eigenvalue weighted by Gasteiger charge is -2.50. The number of ether oxygens (including phenoxy) is 1. The zero-order valence-corrected chi connectivity index (χ0v) is 17.0. The molecule has 2 saturated heterocycles. The summed E-state index contributed by atoms with van der Waals surface area (Å²) >= 11 is 0. The van der Waals surface area contributed by atoms with Gasteiger partial charge in [-0.3, -0.25) is 4.79 Å². The molecular weight excluding hydrogens is 328 g/mol. The fourth-order valence-electron chi connectivity index (χ4n) is 5.61. The second-order valence-electron chi connectivity index (χ2n) is 9.59. The van der Waals surface area contributed by atoms with Crippen LogP contribution < -0.4 is 5.32 Å². The summed E-state index contributed by atoms with van der Waals surface area (Å²) in [5.41, 5.74) is -0.543. The Hall–Kier alpha value is -1.26. The van der Waals surface area contributed by atoms with Crippen molar-refractivity contribution in [2.75, 3.05) is 6.61 Å². The Bertz CT molecular complexity index is 520. The summed E-state index contributed by atoms with van der Waals surface area (Å²) < 4.78 is 5.30. The van der Waals surface area contributed by atoms with Crippen molar-refractivity contribution in [1.82, 2.24) is 10.2 Å². The average molecular weight is 365 g/mol. The van der Waals surface area contributed by atoms with E-state index in [9.17, 15) is 9.59 Å². The van der Waals surface area contributed by atoms with Gasteiger partial charge in [0.1, 0.15) is 0 Å². The molecule has 2 atom stereocenters. The zero-order valence-electron chi connectivity index (χ0n) is 17.0. The Morgan fingerprint density at radius 2 is 1.62 bits per heavy atom. The summed E-state index contributed by atoms with van der Waals surface area (Å²) in [6.07, 6.45) is 9.46. The molecule has 2 aliphatic heterocycles. The van der Waals surface area contributed by atoms with Gasteiger partial charge in [0.05, 0.1) is 12.0 Å². The molecule has 0 aromatic carbocycles. The lowest BCUT2D eigenvalue weighted by molar-refractivity contribution is -0.143. The molecule has 1 aliphatic carbocycles. The van der Waals surface area contributed by atoms with Crippen LogP contribution in [0.3, 0.4) is 0 Å². The first kappa shape index (κ1) is 19.5. The highest BCUT2D eigenvalue weighted by Crippen LogP contribution is 2.53. The standard InChI is InChI=1S/C21H36N2O3/c1-5-26-19(25)23-16-11-12-17(23)14-21(13-16,15-9-7-6-8-10-15)18(24)22-20(2,3)4/h15-17H,5-14H2,1-4H3,(H,22,24). The molecule has 0 aromatic rings. The fraction of sp³-hybridized carbons (Fsp3) is 0.905. The van der Waals surface area contributed by atoms with Gasteiger partial charge < -0.3 is 15.0 Å². The smallest absolute Gasteiger partial charge is 0.410 e. The van der Waals surface area contributed by atoms with Crippen LogP contribution in [0.15, 0.2) is 0 Å². The van der Waals surface area contributed by atoms with Crippen LogP contribution in [0.4, 0.5) is 4.79 Å². The maximum absolute atomic E-state index is 13.5. The Morgan fingerprint density at radius 1 is 1.04 bits per heavy atom. The van der Waals surface area contributed by atoms with Crippen molar-refractivity contribution in [3.05, 3.63) is 0 Å². The predicted molar refractivity (Wildman–Crippen MR) is 102 cm³/mol. The molecule has 2 unspecified atom stereocenters. The van der Waals surface area contributed by atoms with E-state index in [1.165, 1.54) is 19.3 Å². The highest BCUT2D eigenvalue weighted by atomic mass is 16.6. The van der Waals surface area contributed by atoms with Gasteiger partial charge in [0.15, 0.2) is 0 Å². The van der Waals surface area contributed by atoms with E-state index < -0.39 is 0 Å². The third kappa shape index (κ3) is 3.72. The van der Waals surface area contributed by atoms with Gasteiger partial charge in [-0.05, 0) is 72.1 Å². The van der Waals surface area contributed by atoms with Gasteiger partial charge in [-0.15, -0.1) is 0 Å². The summed E-state index contributed by atoms with van der Waals surface area (Å²) in [6, 6.07) is 0.306. The molecule has 2 amide bonds. The summed E-state index contributed by atoms with van der Waals surface area (Å²) in [7, 11) is 0. The first-order chi connectivity index (χ1) is 12.3. The Morgan fingerprint density at radius 3 is 2.12 bits per heavy atom. The minimum atomic E-state index is -0.317. The molecule has 148 valence electrons. The Balaban J connectivity index is 1.86. The molecule has 2 bridgehead atoms. The van der Waals surface area contributed by atoms with Crippen molar-refractivity contribution in [2.24, 2.45) is 11.3 Å². The molecule has 26 heavy (non-hydrogen) atoms. The number of nitrogens with one attached hydrogen (secondary N) is 1. The average Bonchev–Trinajstić information content (AvgIpc) is 2.85. The number of rotatable bonds is 3. The van der Waals surface area contributed by atoms with E-state index in [4.69, 9.17) is 4.74 Å². The van der Waals surface area contributed by atoms with Crippen molar-refractivity contribution in [3.8, 4) is 0 Å². The van der Waals surface area contributed by atoms with Gasteiger partial charge in [-0.25, -0.2) is 4.79 Å². The first-order valence-corrected chi connectivity index (χ1v) is 10.5. The van der Waals surface area contributed by atoms with Gasteiger partial charge >= 0.3 is 6.09 Å². The molecule has 0 aromatic heterocycles. The van der Waals surface area contributed by atoms with Crippen LogP contribution in [0.25, 0.3) is 0 Å². The molecule has 1 N–H and O–H groups in total. The van der Waals surface area contributed by atoms with Crippen molar-refractivity contribution in [1.29, 1.82) is 0 Å². The van der Waals surface area contributed by atoms with E-state index in [1.54, 1.807) is 0 Å². The lowest BCUT2D eigenvalue weighted by Crippen LogP contribution is -2.60. The van der Waals surface area contributed by atoms with Crippen molar-refractivity contribution in [2.45, 2.75) is 103 Å². The number of carbonyl (C=O) groups excluding carboxylic acids is 2. The molecule has 2 heterocycles. The fourth-order valence-corrected chi connectivity index (χ4v) is 5.61. The largest absolute Gasteiger partial charge is 0.450 e. The molecule has 0 spiro atoms. The number of nitrogens with zero attached hydrogens (tertiary/aromatic N) is 1. The lowest BCUT2D eigenvalue weighted by atomic mass is 9.61. The van der Waals surface area contributed by atoms with Crippen LogP contribution >= 0.6 is 0 Å². The summed E-state index contributed by atoms with van der Waals surface area (Å²) in [4.78, 5) is 27.9. The Labute approximate surface area is 158 Å². The highest BCUT2D eigenvalue weighted by molar-refractivity contribution is 5.84. The first-order valence-electron chi connectivity index (χ1n) is 10.5. The normalized spacial score (nSPS) is 32.4. The minimum absolute atomic E-state index is 0.153. The highest BCUT2D eigenvalue weighted by Gasteiger charge is 2.57. The topological polar surface area (TPSA) is 58.6 Å². The molecular formula is C21H36N2O3. The van der Waals surface area contributed by atoms with Crippen LogP contribution in [0.5, 0.6) is 0 Å². The molecule has 3 fully saturated rings. The molecule has 1 saturated carbocycles. The maximum atomic E-state index is 13.5. The summed E-state index contributed by atoms with van der Waals surface area (Å²) in [5.74, 6) is 0.670. The van der Waals surface area contributed by atoms with E-state index in [-0.39, 0.29) is 35.0 Å². The minimum Gasteiger partial charge on any atom is -0.450 e. The van der Waals surface area contributed by atoms with Gasteiger partial charge in [0.25, 0.3) is 0 Å². The van der Waals surface area contributed by atoms with Gasteiger partial charge in [-0.2, -0.15) is 0 Å². The number of piperidine rings is 1. The molecule has 3 rings (SSSR count). The van der Waals surface area contributed by atoms with Crippen LogP contribution in [-0.2, 0) is 9.53 Å². The number of fused-ring (bicyclic) bond motifs is 2. The molecule has 3 aliphatic rings. The van der Waals surface area contributed by atoms with E-state index in [0.29, 0.717) is 12.5 Å². The van der Waals surface area contributed by atoms with E-state index >= 15 is 0 Å². The number of hydrogen-bond donors (Lipinski definition) is 1. The molecule has 5 nitrogen and oxygen atoms in total. The van der Waals surface area contributed by atoms with Gasteiger partial charge in [0.2, 0.25) is 5.91 Å². The third-order valence-corrected chi connectivity index (χ3v) is 6.63. The van der Waals surface area contributed by atoms with Crippen LogP contribution in [-0.4, -0.2) is 41.1 Å². The van der Waals surface area contributed by atoms with Crippen molar-refractivity contribution in [3.63, 3.8) is 0 Å². The van der Waals surface area contributed by atoms with Crippen LogP contribution in [0.2, 0.25) is 0 Å². The second-order valence-corrected chi connectivity index (χ2v) is 9.59. The number of hydrogen-bond acceptors (Lipinski definition) is 3. The molecule has 5 heteroatoms. The SMILES string of the molecule is CCOC(=O)N1C2CCC1CC(C(=O)NC(C)(C)C)(C1CCCCC1)C2. The Kier molecular flexibility index (Phi) is 5.55. The van der Waals surface area contributed by atoms with E-state index in [0.717, 1.165) is 38.5 Å². The zero-order chi connectivity index (χ0) is 18.9. The van der Waals surface area contributed by atoms with E-state index in [2.05, 4.69) is 26.1 Å². The van der Waals surface area contributed by atoms with Crippen molar-refractivity contribution >= 4 is 12.0 Å². The van der Waals surface area contributed by atoms with Crippen LogP contribution in [0.1, 0.15) is 85.5 Å².